The van der Waals surface area contributed by atoms with Crippen LogP contribution in [-0.2, 0) is 11.2 Å². The molecule has 0 aliphatic carbocycles. The molecule has 3 aromatic rings. The highest BCUT2D eigenvalue weighted by atomic mass is 16.5. The van der Waals surface area contributed by atoms with Crippen LogP contribution >= 0.6 is 0 Å². The van der Waals surface area contributed by atoms with Crippen molar-refractivity contribution < 1.29 is 14.3 Å². The molecule has 0 aliphatic heterocycles. The van der Waals surface area contributed by atoms with Gasteiger partial charge in [0.05, 0.1) is 0 Å². The number of fused-ring (bicyclic) bond motifs is 1. The summed E-state index contributed by atoms with van der Waals surface area (Å²) in [5.74, 6) is 1.54. The number of H-pyrrole nitrogens is 1. The predicted molar refractivity (Wildman–Crippen MR) is 98.1 cm³/mol. The summed E-state index contributed by atoms with van der Waals surface area (Å²) in [7, 11) is 0. The summed E-state index contributed by atoms with van der Waals surface area (Å²) in [6.45, 7) is 3.11. The number of aromatic amines is 1. The van der Waals surface area contributed by atoms with Crippen LogP contribution in [0.3, 0.4) is 0 Å². The second kappa shape index (κ2) is 8.24. The maximum absolute atomic E-state index is 11.0. The minimum atomic E-state index is -0.00803. The Kier molecular flexibility index (Phi) is 5.57. The molecule has 0 radical (unpaired) electrons. The first-order valence-corrected chi connectivity index (χ1v) is 8.37. The summed E-state index contributed by atoms with van der Waals surface area (Å²) in [6, 6.07) is 16.0. The van der Waals surface area contributed by atoms with Gasteiger partial charge in [0.1, 0.15) is 19.0 Å². The van der Waals surface area contributed by atoms with Gasteiger partial charge in [0, 0.05) is 19.7 Å². The van der Waals surface area contributed by atoms with Crippen molar-refractivity contribution >= 4 is 16.7 Å². The first kappa shape index (κ1) is 16.9. The normalized spacial score (nSPS) is 10.6. The summed E-state index contributed by atoms with van der Waals surface area (Å²) >= 11 is 0. The Bertz CT molecular complexity index is 828. The molecule has 0 spiro atoms. The molecular formula is C20H22N2O3. The SMILES string of the molecule is CC(=O)NCCc1cccc2ccc(OCCOc3ccc[nH]3)cc12. The first-order valence-electron chi connectivity index (χ1n) is 8.37. The van der Waals surface area contributed by atoms with Crippen LogP contribution in [0.25, 0.3) is 10.8 Å². The van der Waals surface area contributed by atoms with E-state index in [1.807, 2.05) is 36.5 Å². The zero-order valence-corrected chi connectivity index (χ0v) is 14.2. The zero-order valence-electron chi connectivity index (χ0n) is 14.2. The lowest BCUT2D eigenvalue weighted by molar-refractivity contribution is -0.118. The third kappa shape index (κ3) is 4.76. The van der Waals surface area contributed by atoms with E-state index in [0.717, 1.165) is 28.8 Å². The molecule has 2 N–H and O–H groups in total. The lowest BCUT2D eigenvalue weighted by Crippen LogP contribution is -2.22. The third-order valence-electron chi connectivity index (χ3n) is 3.89. The van der Waals surface area contributed by atoms with Crippen LogP contribution in [0.15, 0.2) is 54.7 Å². The molecule has 1 aromatic heterocycles. The van der Waals surface area contributed by atoms with Crippen molar-refractivity contribution in [1.29, 1.82) is 0 Å². The molecule has 3 rings (SSSR count). The quantitative estimate of drug-likeness (QED) is 0.620. The lowest BCUT2D eigenvalue weighted by atomic mass is 10.0. The number of benzene rings is 2. The Morgan fingerprint density at radius 3 is 2.76 bits per heavy atom. The van der Waals surface area contributed by atoms with Crippen molar-refractivity contribution in [3.8, 4) is 11.6 Å². The summed E-state index contributed by atoms with van der Waals surface area (Å²) < 4.78 is 11.3. The third-order valence-corrected chi connectivity index (χ3v) is 3.89. The fourth-order valence-electron chi connectivity index (χ4n) is 2.71. The van der Waals surface area contributed by atoms with Gasteiger partial charge in [0.15, 0.2) is 5.88 Å². The van der Waals surface area contributed by atoms with E-state index < -0.39 is 0 Å². The topological polar surface area (TPSA) is 63.4 Å². The second-order valence-corrected chi connectivity index (χ2v) is 5.76. The van der Waals surface area contributed by atoms with Crippen LogP contribution in [0.4, 0.5) is 0 Å². The molecule has 0 fully saturated rings. The van der Waals surface area contributed by atoms with Crippen LogP contribution in [-0.4, -0.2) is 30.6 Å². The van der Waals surface area contributed by atoms with E-state index in [-0.39, 0.29) is 5.91 Å². The van der Waals surface area contributed by atoms with Gasteiger partial charge in [0.25, 0.3) is 0 Å². The zero-order chi connectivity index (χ0) is 17.5. The number of carbonyl (C=O) groups excluding carboxylic acids is 1. The standard InChI is InChI=1S/C20H22N2O3/c1-15(23)21-11-9-17-5-2-4-16-7-8-18(14-19(16)17)24-12-13-25-20-6-3-10-22-20/h2-8,10,14,22H,9,11-13H2,1H3,(H,21,23). The molecule has 0 saturated carbocycles. The molecule has 1 amide bonds. The molecule has 0 saturated heterocycles. The van der Waals surface area contributed by atoms with Gasteiger partial charge >= 0.3 is 0 Å². The number of aromatic nitrogens is 1. The van der Waals surface area contributed by atoms with Crippen molar-refractivity contribution in [3.05, 3.63) is 60.3 Å². The van der Waals surface area contributed by atoms with Gasteiger partial charge in [0.2, 0.25) is 5.91 Å². The first-order chi connectivity index (χ1) is 12.2. The van der Waals surface area contributed by atoms with E-state index in [2.05, 4.69) is 28.5 Å². The van der Waals surface area contributed by atoms with Crippen LogP contribution < -0.4 is 14.8 Å². The second-order valence-electron chi connectivity index (χ2n) is 5.76. The number of rotatable bonds is 8. The number of ether oxygens (including phenoxy) is 2. The van der Waals surface area contributed by atoms with Crippen molar-refractivity contribution in [2.45, 2.75) is 13.3 Å². The van der Waals surface area contributed by atoms with Crippen molar-refractivity contribution in [2.75, 3.05) is 19.8 Å². The molecule has 5 heteroatoms. The smallest absolute Gasteiger partial charge is 0.216 e. The van der Waals surface area contributed by atoms with E-state index in [0.29, 0.717) is 19.8 Å². The van der Waals surface area contributed by atoms with Crippen molar-refractivity contribution in [3.63, 3.8) is 0 Å². The number of amides is 1. The summed E-state index contributed by atoms with van der Waals surface area (Å²) in [4.78, 5) is 14.0. The largest absolute Gasteiger partial charge is 0.490 e. The van der Waals surface area contributed by atoms with Crippen LogP contribution in [0.5, 0.6) is 11.6 Å². The molecule has 5 nitrogen and oxygen atoms in total. The lowest BCUT2D eigenvalue weighted by Gasteiger charge is -2.11. The minimum Gasteiger partial charge on any atom is -0.490 e. The molecular weight excluding hydrogens is 316 g/mol. The number of nitrogens with one attached hydrogen (secondary N) is 2. The Morgan fingerprint density at radius 2 is 1.96 bits per heavy atom. The van der Waals surface area contributed by atoms with Crippen LogP contribution in [0, 0.1) is 0 Å². The summed E-state index contributed by atoms with van der Waals surface area (Å²) in [5, 5.41) is 5.15. The highest BCUT2D eigenvalue weighted by Gasteiger charge is 2.04. The fraction of sp³-hybridized carbons (Fsp3) is 0.250. The average Bonchev–Trinajstić information content (AvgIpc) is 3.12. The molecule has 0 unspecified atom stereocenters. The Hall–Kier alpha value is -2.95. The Morgan fingerprint density at radius 1 is 1.08 bits per heavy atom. The molecule has 1 heterocycles. The van der Waals surface area contributed by atoms with Gasteiger partial charge < -0.3 is 19.8 Å². The number of carbonyl (C=O) groups is 1. The Balaban J connectivity index is 1.62. The van der Waals surface area contributed by atoms with Gasteiger partial charge in [-0.2, -0.15) is 0 Å². The van der Waals surface area contributed by atoms with Crippen LogP contribution in [0.2, 0.25) is 0 Å². The monoisotopic (exact) mass is 338 g/mol. The molecule has 0 bridgehead atoms. The van der Waals surface area contributed by atoms with Gasteiger partial charge in [-0.05, 0) is 47.0 Å². The van der Waals surface area contributed by atoms with E-state index >= 15 is 0 Å². The van der Waals surface area contributed by atoms with Crippen LogP contribution in [0.1, 0.15) is 12.5 Å². The molecule has 25 heavy (non-hydrogen) atoms. The van der Waals surface area contributed by atoms with Crippen molar-refractivity contribution in [2.24, 2.45) is 0 Å². The highest BCUT2D eigenvalue weighted by molar-refractivity contribution is 5.87. The van der Waals surface area contributed by atoms with Crippen molar-refractivity contribution in [1.82, 2.24) is 10.3 Å². The highest BCUT2D eigenvalue weighted by Crippen LogP contribution is 2.24. The minimum absolute atomic E-state index is 0.00803. The molecule has 2 aromatic carbocycles. The van der Waals surface area contributed by atoms with E-state index in [4.69, 9.17) is 9.47 Å². The van der Waals surface area contributed by atoms with E-state index in [9.17, 15) is 4.79 Å². The fourth-order valence-corrected chi connectivity index (χ4v) is 2.71. The molecule has 0 atom stereocenters. The van der Waals surface area contributed by atoms with Gasteiger partial charge in [-0.3, -0.25) is 4.79 Å². The number of hydrogen-bond acceptors (Lipinski definition) is 3. The summed E-state index contributed by atoms with van der Waals surface area (Å²) in [6.07, 6.45) is 2.61. The Labute approximate surface area is 147 Å². The van der Waals surface area contributed by atoms with Gasteiger partial charge in [-0.15, -0.1) is 0 Å². The van der Waals surface area contributed by atoms with E-state index in [1.165, 1.54) is 12.5 Å². The predicted octanol–water partition coefficient (Wildman–Crippen LogP) is 3.30. The molecule has 130 valence electrons. The maximum atomic E-state index is 11.0. The van der Waals surface area contributed by atoms with Gasteiger partial charge in [-0.1, -0.05) is 24.3 Å². The number of hydrogen-bond donors (Lipinski definition) is 2. The maximum Gasteiger partial charge on any atom is 0.216 e. The average molecular weight is 338 g/mol. The summed E-state index contributed by atoms with van der Waals surface area (Å²) in [5.41, 5.74) is 1.19. The van der Waals surface area contributed by atoms with Gasteiger partial charge in [-0.25, -0.2) is 0 Å². The van der Waals surface area contributed by atoms with E-state index in [1.54, 1.807) is 0 Å². The molecule has 0 aliphatic rings.